The van der Waals surface area contributed by atoms with Crippen LogP contribution in [-0.2, 0) is 17.9 Å². The quantitative estimate of drug-likeness (QED) is 0.574. The summed E-state index contributed by atoms with van der Waals surface area (Å²) in [7, 11) is 0. The number of amides is 3. The molecule has 0 radical (unpaired) electrons. The molecule has 0 saturated heterocycles. The maximum absolute atomic E-state index is 13.0. The normalized spacial score (nSPS) is 14.1. The predicted octanol–water partition coefficient (Wildman–Crippen LogP) is 1.84. The number of nitrogens with two attached hydrogens (primary N) is 1. The van der Waals surface area contributed by atoms with Gasteiger partial charge in [-0.3, -0.25) is 24.4 Å². The van der Waals surface area contributed by atoms with Gasteiger partial charge in [-0.05, 0) is 38.5 Å². The van der Waals surface area contributed by atoms with Gasteiger partial charge in [0.05, 0.1) is 16.7 Å². The van der Waals surface area contributed by atoms with E-state index in [-0.39, 0.29) is 18.2 Å². The minimum Gasteiger partial charge on any atom is -0.366 e. The van der Waals surface area contributed by atoms with Crippen molar-refractivity contribution in [3.05, 3.63) is 46.8 Å². The van der Waals surface area contributed by atoms with Crippen molar-refractivity contribution in [2.45, 2.75) is 39.8 Å². The molecule has 0 aliphatic carbocycles. The number of nitrogens with zero attached hydrogens (tertiary/aromatic N) is 4. The van der Waals surface area contributed by atoms with Gasteiger partial charge in [-0.15, -0.1) is 0 Å². The molecule has 3 aromatic rings. The number of benzene rings is 1. The molecule has 32 heavy (non-hydrogen) atoms. The second-order valence-electron chi connectivity index (χ2n) is 7.64. The number of primary amides is 1. The first-order valence-electron chi connectivity index (χ1n) is 10.5. The Bertz CT molecular complexity index is 1250. The van der Waals surface area contributed by atoms with Crippen molar-refractivity contribution in [3.63, 3.8) is 0 Å². The van der Waals surface area contributed by atoms with Gasteiger partial charge in [0.15, 0.2) is 0 Å². The van der Waals surface area contributed by atoms with Crippen LogP contribution in [0.3, 0.4) is 0 Å². The van der Waals surface area contributed by atoms with Crippen LogP contribution in [0.4, 0.5) is 5.95 Å². The van der Waals surface area contributed by atoms with Crippen LogP contribution >= 0.6 is 0 Å². The highest BCUT2D eigenvalue weighted by atomic mass is 16.2. The number of hydrogen-bond donors (Lipinski definition) is 3. The Balaban J connectivity index is 1.83. The molecular weight excluding hydrogens is 410 g/mol. The Hall–Kier alpha value is -3.95. The van der Waals surface area contributed by atoms with E-state index in [1.54, 1.807) is 35.0 Å². The summed E-state index contributed by atoms with van der Waals surface area (Å²) in [6.07, 6.45) is 4.38. The number of carbonyl (C=O) groups excluding carboxylic acids is 3. The summed E-state index contributed by atoms with van der Waals surface area (Å²) in [6.45, 7) is 5.31. The lowest BCUT2D eigenvalue weighted by molar-refractivity contribution is -0.120. The van der Waals surface area contributed by atoms with Crippen molar-refractivity contribution in [2.75, 3.05) is 11.9 Å². The second-order valence-corrected chi connectivity index (χ2v) is 7.64. The van der Waals surface area contributed by atoms with Crippen LogP contribution < -0.4 is 16.4 Å². The Morgan fingerprint density at radius 2 is 2.09 bits per heavy atom. The van der Waals surface area contributed by atoms with E-state index >= 15 is 0 Å². The number of aromatic nitrogens is 4. The maximum atomic E-state index is 13.0. The van der Waals surface area contributed by atoms with Gasteiger partial charge in [0.2, 0.25) is 17.8 Å². The smallest absolute Gasteiger partial charge is 0.276 e. The lowest BCUT2D eigenvalue weighted by atomic mass is 10.1. The van der Waals surface area contributed by atoms with Crippen LogP contribution in [0.15, 0.2) is 24.3 Å². The van der Waals surface area contributed by atoms with Gasteiger partial charge < -0.3 is 15.6 Å². The number of aryl methyl sites for hydroxylation is 3. The van der Waals surface area contributed by atoms with E-state index in [4.69, 9.17) is 5.73 Å². The number of rotatable bonds is 4. The summed E-state index contributed by atoms with van der Waals surface area (Å²) in [5, 5.41) is 10.1. The zero-order valence-electron chi connectivity index (χ0n) is 18.0. The number of hydrogen-bond acceptors (Lipinski definition) is 5. The summed E-state index contributed by atoms with van der Waals surface area (Å²) < 4.78 is 3.53. The zero-order valence-corrected chi connectivity index (χ0v) is 18.0. The Labute approximate surface area is 184 Å². The average molecular weight is 435 g/mol. The van der Waals surface area contributed by atoms with Crippen LogP contribution in [-0.4, -0.2) is 43.6 Å². The fourth-order valence-electron chi connectivity index (χ4n) is 3.85. The standard InChI is InChI=1S/C22H25N7O3/c1-3-29-17(10-13(2)27-29)21(32)26-22-25-16-12-15(20(23)31)11-14-6-4-7-18(30)24-8-5-9-28(22)19(14)16/h4,6,10-12H,3,5,7-9H2,1-2H3,(H2,23,31)(H,24,30)(H,25,26,32). The highest BCUT2D eigenvalue weighted by molar-refractivity contribution is 6.04. The SMILES string of the molecule is CCn1nc(C)cc1C(=O)Nc1nc2cc(C(N)=O)cc3c2n1CCCNC(=O)CC=C3. The maximum Gasteiger partial charge on any atom is 0.276 e. The van der Waals surface area contributed by atoms with E-state index < -0.39 is 5.91 Å². The van der Waals surface area contributed by atoms with Crippen molar-refractivity contribution in [3.8, 4) is 0 Å². The lowest BCUT2D eigenvalue weighted by Gasteiger charge is -2.12. The van der Waals surface area contributed by atoms with Gasteiger partial charge in [-0.1, -0.05) is 12.2 Å². The molecule has 10 heteroatoms. The molecule has 3 heterocycles. The first kappa shape index (κ1) is 21.3. The van der Waals surface area contributed by atoms with E-state index in [1.807, 2.05) is 18.4 Å². The second kappa shape index (κ2) is 8.66. The highest BCUT2D eigenvalue weighted by Gasteiger charge is 2.20. The summed E-state index contributed by atoms with van der Waals surface area (Å²) in [5.74, 6) is -0.627. The molecule has 1 aliphatic heterocycles. The number of carbonyl (C=O) groups is 3. The van der Waals surface area contributed by atoms with Gasteiger partial charge in [-0.2, -0.15) is 5.10 Å². The lowest BCUT2D eigenvalue weighted by Crippen LogP contribution is -2.24. The fourth-order valence-corrected chi connectivity index (χ4v) is 3.85. The molecule has 0 spiro atoms. The topological polar surface area (TPSA) is 137 Å². The molecule has 4 rings (SSSR count). The minimum atomic E-state index is -0.578. The average Bonchev–Trinajstić information content (AvgIpc) is 3.29. The van der Waals surface area contributed by atoms with E-state index in [0.717, 1.165) is 11.2 Å². The van der Waals surface area contributed by atoms with Crippen LogP contribution in [0.2, 0.25) is 0 Å². The van der Waals surface area contributed by atoms with Crippen LogP contribution in [0.25, 0.3) is 17.1 Å². The fraction of sp³-hybridized carbons (Fsp3) is 0.318. The third kappa shape index (κ3) is 4.11. The molecule has 0 saturated carbocycles. The molecule has 166 valence electrons. The first-order valence-corrected chi connectivity index (χ1v) is 10.5. The van der Waals surface area contributed by atoms with Crippen LogP contribution in [0.1, 0.15) is 51.9 Å². The van der Waals surface area contributed by atoms with E-state index in [1.165, 1.54) is 0 Å². The molecule has 1 aromatic carbocycles. The third-order valence-electron chi connectivity index (χ3n) is 5.30. The molecule has 0 atom stereocenters. The van der Waals surface area contributed by atoms with Gasteiger partial charge in [0, 0.05) is 37.2 Å². The van der Waals surface area contributed by atoms with E-state index in [9.17, 15) is 14.4 Å². The van der Waals surface area contributed by atoms with Crippen molar-refractivity contribution in [1.82, 2.24) is 24.6 Å². The summed E-state index contributed by atoms with van der Waals surface area (Å²) >= 11 is 0. The first-order chi connectivity index (χ1) is 15.4. The van der Waals surface area contributed by atoms with Crippen molar-refractivity contribution in [1.29, 1.82) is 0 Å². The van der Waals surface area contributed by atoms with E-state index in [2.05, 4.69) is 20.7 Å². The van der Waals surface area contributed by atoms with Crippen molar-refractivity contribution in [2.24, 2.45) is 5.73 Å². The molecule has 3 amide bonds. The number of anilines is 1. The third-order valence-corrected chi connectivity index (χ3v) is 5.30. The van der Waals surface area contributed by atoms with E-state index in [0.29, 0.717) is 54.3 Å². The molecule has 0 fully saturated rings. The zero-order chi connectivity index (χ0) is 22.8. The largest absolute Gasteiger partial charge is 0.366 e. The molecule has 0 bridgehead atoms. The Morgan fingerprint density at radius 1 is 1.28 bits per heavy atom. The summed E-state index contributed by atoms with van der Waals surface area (Å²) in [6, 6.07) is 5.02. The number of nitrogens with one attached hydrogen (secondary N) is 2. The van der Waals surface area contributed by atoms with Crippen LogP contribution in [0, 0.1) is 6.92 Å². The van der Waals surface area contributed by atoms with Gasteiger partial charge in [-0.25, -0.2) is 4.98 Å². The molecule has 2 aromatic heterocycles. The predicted molar refractivity (Wildman–Crippen MR) is 120 cm³/mol. The summed E-state index contributed by atoms with van der Waals surface area (Å²) in [5.41, 5.74) is 9.00. The van der Waals surface area contributed by atoms with Gasteiger partial charge in [0.25, 0.3) is 5.91 Å². The van der Waals surface area contributed by atoms with Crippen molar-refractivity contribution < 1.29 is 14.4 Å². The molecule has 4 N–H and O–H groups in total. The van der Waals surface area contributed by atoms with Gasteiger partial charge >= 0.3 is 0 Å². The highest BCUT2D eigenvalue weighted by Crippen LogP contribution is 2.27. The molecular formula is C22H25N7O3. The van der Waals surface area contributed by atoms with Crippen molar-refractivity contribution >= 4 is 40.8 Å². The monoisotopic (exact) mass is 435 g/mol. The minimum absolute atomic E-state index is 0.0787. The molecule has 1 aliphatic rings. The number of imidazole rings is 1. The molecule has 10 nitrogen and oxygen atoms in total. The Morgan fingerprint density at radius 3 is 2.84 bits per heavy atom. The Kier molecular flexibility index (Phi) is 5.76. The van der Waals surface area contributed by atoms with Crippen LogP contribution in [0.5, 0.6) is 0 Å². The molecule has 0 unspecified atom stereocenters. The summed E-state index contributed by atoms with van der Waals surface area (Å²) in [4.78, 5) is 41.5. The van der Waals surface area contributed by atoms with Gasteiger partial charge in [0.1, 0.15) is 5.69 Å².